The number of hydrogen-bond donors (Lipinski definition) is 1. The van der Waals surface area contributed by atoms with Crippen molar-refractivity contribution in [2.45, 2.75) is 32.2 Å². The van der Waals surface area contributed by atoms with Gasteiger partial charge in [0.05, 0.1) is 23.3 Å². The minimum absolute atomic E-state index is 0.116. The summed E-state index contributed by atoms with van der Waals surface area (Å²) in [7, 11) is 0. The summed E-state index contributed by atoms with van der Waals surface area (Å²) in [6.07, 6.45) is 8.09. The molecule has 2 aromatic heterocycles. The molecule has 1 amide bonds. The summed E-state index contributed by atoms with van der Waals surface area (Å²) in [4.78, 5) is 20.7. The maximum atomic E-state index is 12.0. The van der Waals surface area contributed by atoms with Gasteiger partial charge < -0.3 is 5.32 Å². The van der Waals surface area contributed by atoms with Crippen LogP contribution in [0.25, 0.3) is 10.7 Å². The molecule has 4 nitrogen and oxygen atoms in total. The normalized spacial score (nSPS) is 13.2. The molecule has 0 aliphatic carbocycles. The number of thiazole rings is 1. The van der Waals surface area contributed by atoms with Crippen molar-refractivity contribution in [3.63, 3.8) is 0 Å². The summed E-state index contributed by atoms with van der Waals surface area (Å²) in [5, 5.41) is 5.56. The van der Waals surface area contributed by atoms with Crippen molar-refractivity contribution >= 4 is 17.2 Å². The molecule has 2 rings (SSSR count). The first-order chi connectivity index (χ1) is 10.1. The Hall–Kier alpha value is -2.19. The Morgan fingerprint density at radius 2 is 2.33 bits per heavy atom. The number of nitrogens with zero attached hydrogens (tertiary/aromatic N) is 2. The Morgan fingerprint density at radius 3 is 2.95 bits per heavy atom. The summed E-state index contributed by atoms with van der Waals surface area (Å²) in [5.41, 5.74) is 0.946. The van der Waals surface area contributed by atoms with E-state index in [1.54, 1.807) is 6.20 Å². The molecular weight excluding hydrogens is 282 g/mol. The molecule has 1 N–H and O–H groups in total. The Kier molecular flexibility index (Phi) is 4.71. The predicted molar refractivity (Wildman–Crippen MR) is 84.7 cm³/mol. The molecule has 0 bridgehead atoms. The van der Waals surface area contributed by atoms with Gasteiger partial charge in [-0.1, -0.05) is 18.9 Å². The molecule has 0 saturated heterocycles. The van der Waals surface area contributed by atoms with E-state index in [-0.39, 0.29) is 12.3 Å². The number of hydrogen-bond acceptors (Lipinski definition) is 4. The molecule has 0 fully saturated rings. The van der Waals surface area contributed by atoms with Crippen molar-refractivity contribution in [3.8, 4) is 23.0 Å². The lowest BCUT2D eigenvalue weighted by atomic mass is 10.00. The van der Waals surface area contributed by atoms with Gasteiger partial charge in [0.15, 0.2) is 0 Å². The molecule has 0 spiro atoms. The first kappa shape index (κ1) is 15.2. The summed E-state index contributed by atoms with van der Waals surface area (Å²) < 4.78 is 0. The number of carbonyl (C=O) groups is 1. The van der Waals surface area contributed by atoms with Crippen molar-refractivity contribution in [1.29, 1.82) is 0 Å². The van der Waals surface area contributed by atoms with Crippen LogP contribution in [0.3, 0.4) is 0 Å². The number of carbonyl (C=O) groups excluding carboxylic acids is 1. The summed E-state index contributed by atoms with van der Waals surface area (Å²) >= 11 is 1.48. The van der Waals surface area contributed by atoms with Crippen LogP contribution in [0, 0.1) is 12.3 Å². The lowest BCUT2D eigenvalue weighted by Gasteiger charge is -2.23. The Labute approximate surface area is 128 Å². The van der Waals surface area contributed by atoms with Gasteiger partial charge in [0.2, 0.25) is 5.91 Å². The van der Waals surface area contributed by atoms with E-state index in [2.05, 4.69) is 21.2 Å². The number of aromatic nitrogens is 2. The fourth-order valence-corrected chi connectivity index (χ4v) is 2.53. The predicted octanol–water partition coefficient (Wildman–Crippen LogP) is 2.67. The molecule has 21 heavy (non-hydrogen) atoms. The zero-order valence-corrected chi connectivity index (χ0v) is 12.9. The highest BCUT2D eigenvalue weighted by molar-refractivity contribution is 7.13. The summed E-state index contributed by atoms with van der Waals surface area (Å²) in [6, 6.07) is 5.67. The van der Waals surface area contributed by atoms with E-state index in [9.17, 15) is 4.79 Å². The smallest absolute Gasteiger partial charge is 0.227 e. The monoisotopic (exact) mass is 299 g/mol. The maximum Gasteiger partial charge on any atom is 0.227 e. The molecule has 2 aromatic rings. The average molecular weight is 299 g/mol. The first-order valence-corrected chi connectivity index (χ1v) is 7.59. The van der Waals surface area contributed by atoms with E-state index in [0.29, 0.717) is 6.42 Å². The molecular formula is C16H17N3OS. The lowest BCUT2D eigenvalue weighted by molar-refractivity contribution is -0.121. The zero-order valence-electron chi connectivity index (χ0n) is 12.1. The Bertz CT molecular complexity index is 660. The standard InChI is InChI=1S/C16H17N3OS/c1-4-16(3,5-2)19-14(20)10-12-11-21-15(18-12)13-8-6-7-9-17-13/h1,6-9,11H,5,10H2,2-3H3,(H,19,20)/t16-/m1/s1. The quantitative estimate of drug-likeness (QED) is 0.864. The minimum atomic E-state index is -0.600. The zero-order chi connectivity index (χ0) is 15.3. The van der Waals surface area contributed by atoms with Crippen molar-refractivity contribution in [1.82, 2.24) is 15.3 Å². The fraction of sp³-hybridized carbons (Fsp3) is 0.312. The molecule has 1 atom stereocenters. The highest BCUT2D eigenvalue weighted by Gasteiger charge is 2.21. The average Bonchev–Trinajstić information content (AvgIpc) is 2.96. The van der Waals surface area contributed by atoms with Crippen LogP contribution in [0.4, 0.5) is 0 Å². The van der Waals surface area contributed by atoms with Gasteiger partial charge in [-0.15, -0.1) is 17.8 Å². The molecule has 2 heterocycles. The Balaban J connectivity index is 2.03. The summed E-state index contributed by atoms with van der Waals surface area (Å²) in [6.45, 7) is 3.79. The van der Waals surface area contributed by atoms with Crippen LogP contribution in [0.2, 0.25) is 0 Å². The van der Waals surface area contributed by atoms with Gasteiger partial charge in [-0.05, 0) is 25.5 Å². The van der Waals surface area contributed by atoms with Gasteiger partial charge in [0.1, 0.15) is 5.01 Å². The lowest BCUT2D eigenvalue weighted by Crippen LogP contribution is -2.44. The second kappa shape index (κ2) is 6.51. The molecule has 0 radical (unpaired) electrons. The largest absolute Gasteiger partial charge is 0.340 e. The van der Waals surface area contributed by atoms with Gasteiger partial charge in [-0.25, -0.2) is 4.98 Å². The molecule has 5 heteroatoms. The molecule has 0 unspecified atom stereocenters. The van der Waals surface area contributed by atoms with E-state index in [4.69, 9.17) is 6.42 Å². The highest BCUT2D eigenvalue weighted by atomic mass is 32.1. The van der Waals surface area contributed by atoms with Crippen molar-refractivity contribution in [3.05, 3.63) is 35.5 Å². The van der Waals surface area contributed by atoms with E-state index >= 15 is 0 Å². The van der Waals surface area contributed by atoms with Crippen LogP contribution in [0.15, 0.2) is 29.8 Å². The molecule has 108 valence electrons. The van der Waals surface area contributed by atoms with Crippen LogP contribution < -0.4 is 5.32 Å². The SMILES string of the molecule is C#C[C@](C)(CC)NC(=O)Cc1csc(-c2ccccn2)n1. The van der Waals surface area contributed by atoms with Gasteiger partial charge in [-0.3, -0.25) is 9.78 Å². The van der Waals surface area contributed by atoms with Crippen molar-refractivity contribution in [2.75, 3.05) is 0 Å². The third-order valence-electron chi connectivity index (χ3n) is 3.22. The molecule has 0 saturated carbocycles. The third-order valence-corrected chi connectivity index (χ3v) is 4.13. The van der Waals surface area contributed by atoms with Gasteiger partial charge in [-0.2, -0.15) is 0 Å². The van der Waals surface area contributed by atoms with Crippen LogP contribution >= 0.6 is 11.3 Å². The highest BCUT2D eigenvalue weighted by Crippen LogP contribution is 2.21. The van der Waals surface area contributed by atoms with Crippen LogP contribution in [0.5, 0.6) is 0 Å². The van der Waals surface area contributed by atoms with Crippen LogP contribution in [-0.2, 0) is 11.2 Å². The topological polar surface area (TPSA) is 54.9 Å². The van der Waals surface area contributed by atoms with Gasteiger partial charge in [0, 0.05) is 11.6 Å². The van der Waals surface area contributed by atoms with Gasteiger partial charge >= 0.3 is 0 Å². The van der Waals surface area contributed by atoms with E-state index < -0.39 is 5.54 Å². The first-order valence-electron chi connectivity index (χ1n) is 6.71. The van der Waals surface area contributed by atoms with E-state index in [0.717, 1.165) is 16.4 Å². The van der Waals surface area contributed by atoms with Crippen molar-refractivity contribution < 1.29 is 4.79 Å². The fourth-order valence-electron chi connectivity index (χ4n) is 1.74. The van der Waals surface area contributed by atoms with Crippen molar-refractivity contribution in [2.24, 2.45) is 0 Å². The van der Waals surface area contributed by atoms with Gasteiger partial charge in [0.25, 0.3) is 0 Å². The van der Waals surface area contributed by atoms with E-state index in [1.165, 1.54) is 11.3 Å². The number of pyridine rings is 1. The number of amides is 1. The maximum absolute atomic E-state index is 12.0. The molecule has 0 aliphatic heterocycles. The van der Waals surface area contributed by atoms with Crippen LogP contribution in [0.1, 0.15) is 26.0 Å². The molecule has 0 aliphatic rings. The second-order valence-corrected chi connectivity index (χ2v) is 5.77. The number of terminal acetylenes is 1. The second-order valence-electron chi connectivity index (χ2n) is 4.91. The van der Waals surface area contributed by atoms with Crippen LogP contribution in [-0.4, -0.2) is 21.4 Å². The minimum Gasteiger partial charge on any atom is -0.340 e. The summed E-state index contributed by atoms with van der Waals surface area (Å²) in [5.74, 6) is 2.50. The Morgan fingerprint density at radius 1 is 1.52 bits per heavy atom. The number of rotatable bonds is 5. The number of nitrogens with one attached hydrogen (secondary N) is 1. The third kappa shape index (κ3) is 3.89. The molecule has 0 aromatic carbocycles. The van der Waals surface area contributed by atoms with E-state index in [1.807, 2.05) is 37.4 Å².